The van der Waals surface area contributed by atoms with Crippen molar-refractivity contribution in [3.8, 4) is 0 Å². The minimum absolute atomic E-state index is 0.352. The number of nitrogens with zero attached hydrogens (tertiary/aromatic N) is 1. The molecule has 0 rings (SSSR count). The SMILES string of the molecule is C=N/C(Br)=C\C(=C)F. The lowest BCUT2D eigenvalue weighted by Crippen LogP contribution is -1.61. The second-order valence-corrected chi connectivity index (χ2v) is 1.88. The van der Waals surface area contributed by atoms with Gasteiger partial charge in [0.1, 0.15) is 10.4 Å². The molecule has 0 bridgehead atoms. The molecule has 0 aliphatic heterocycles. The van der Waals surface area contributed by atoms with Crippen molar-refractivity contribution in [1.82, 2.24) is 0 Å². The molecule has 0 aliphatic rings. The van der Waals surface area contributed by atoms with Crippen molar-refractivity contribution < 1.29 is 4.39 Å². The van der Waals surface area contributed by atoms with Crippen LogP contribution in [-0.4, -0.2) is 6.72 Å². The fraction of sp³-hybridized carbons (Fsp3) is 0. The highest BCUT2D eigenvalue weighted by molar-refractivity contribution is 9.11. The second kappa shape index (κ2) is 3.55. The molecule has 0 atom stereocenters. The van der Waals surface area contributed by atoms with Gasteiger partial charge in [0.15, 0.2) is 0 Å². The van der Waals surface area contributed by atoms with E-state index < -0.39 is 5.83 Å². The van der Waals surface area contributed by atoms with Gasteiger partial charge in [0.25, 0.3) is 0 Å². The molecular formula is C5H5BrFN. The smallest absolute Gasteiger partial charge is 0.118 e. The van der Waals surface area contributed by atoms with Gasteiger partial charge in [0.05, 0.1) is 0 Å². The molecular weight excluding hydrogens is 173 g/mol. The molecule has 0 spiro atoms. The Hall–Kier alpha value is -0.440. The van der Waals surface area contributed by atoms with Crippen LogP contribution in [0.25, 0.3) is 0 Å². The van der Waals surface area contributed by atoms with Gasteiger partial charge in [-0.05, 0) is 22.6 Å². The molecule has 0 aromatic carbocycles. The highest BCUT2D eigenvalue weighted by atomic mass is 79.9. The molecule has 3 heteroatoms. The average molecular weight is 178 g/mol. The molecule has 0 aliphatic carbocycles. The lowest BCUT2D eigenvalue weighted by atomic mass is 10.6. The normalized spacial score (nSPS) is 11.0. The zero-order valence-electron chi connectivity index (χ0n) is 4.19. The summed E-state index contributed by atoms with van der Waals surface area (Å²) in [4.78, 5) is 3.36. The third kappa shape index (κ3) is 3.74. The lowest BCUT2D eigenvalue weighted by Gasteiger charge is -1.82. The fourth-order valence-electron chi connectivity index (χ4n) is 0.175. The third-order valence-corrected chi connectivity index (χ3v) is 0.906. The van der Waals surface area contributed by atoms with Crippen LogP contribution in [0.2, 0.25) is 0 Å². The Morgan fingerprint density at radius 3 is 2.38 bits per heavy atom. The van der Waals surface area contributed by atoms with Crippen molar-refractivity contribution >= 4 is 22.6 Å². The van der Waals surface area contributed by atoms with Gasteiger partial charge in [0.2, 0.25) is 0 Å². The van der Waals surface area contributed by atoms with Gasteiger partial charge in [-0.25, -0.2) is 4.39 Å². The Morgan fingerprint density at radius 1 is 1.75 bits per heavy atom. The maximum atomic E-state index is 11.8. The van der Waals surface area contributed by atoms with E-state index in [4.69, 9.17) is 0 Å². The summed E-state index contributed by atoms with van der Waals surface area (Å²) < 4.78 is 12.1. The lowest BCUT2D eigenvalue weighted by molar-refractivity contribution is 0.671. The molecule has 44 valence electrons. The van der Waals surface area contributed by atoms with Gasteiger partial charge in [0, 0.05) is 6.08 Å². The summed E-state index contributed by atoms with van der Waals surface area (Å²) in [6.45, 7) is 6.12. The van der Waals surface area contributed by atoms with Crippen LogP contribution in [0.5, 0.6) is 0 Å². The van der Waals surface area contributed by atoms with Crippen molar-refractivity contribution in [2.24, 2.45) is 4.99 Å². The van der Waals surface area contributed by atoms with Crippen molar-refractivity contribution in [1.29, 1.82) is 0 Å². The standard InChI is InChI=1S/C5H5BrFN/c1-4(7)3-5(6)8-2/h3H,1-2H2/b5-3-. The topological polar surface area (TPSA) is 12.4 Å². The van der Waals surface area contributed by atoms with Gasteiger partial charge < -0.3 is 0 Å². The molecule has 0 saturated carbocycles. The molecule has 0 N–H and O–H groups in total. The van der Waals surface area contributed by atoms with Crippen LogP contribution in [0.3, 0.4) is 0 Å². The van der Waals surface area contributed by atoms with Gasteiger partial charge in [-0.3, -0.25) is 4.99 Å². The Morgan fingerprint density at radius 2 is 2.25 bits per heavy atom. The predicted molar refractivity (Wildman–Crippen MR) is 36.8 cm³/mol. The molecule has 0 saturated heterocycles. The first kappa shape index (κ1) is 7.56. The number of aliphatic imine (C=N–C) groups is 1. The Bertz CT molecular complexity index is 139. The van der Waals surface area contributed by atoms with E-state index in [-0.39, 0.29) is 0 Å². The van der Waals surface area contributed by atoms with E-state index in [0.717, 1.165) is 6.08 Å². The quantitative estimate of drug-likeness (QED) is 0.349. The van der Waals surface area contributed by atoms with Gasteiger partial charge >= 0.3 is 0 Å². The van der Waals surface area contributed by atoms with Crippen molar-refractivity contribution in [2.75, 3.05) is 0 Å². The zero-order valence-corrected chi connectivity index (χ0v) is 5.78. The van der Waals surface area contributed by atoms with Crippen LogP contribution in [0.15, 0.2) is 28.1 Å². The van der Waals surface area contributed by atoms with E-state index in [1.807, 2.05) is 0 Å². The maximum absolute atomic E-state index is 11.8. The van der Waals surface area contributed by atoms with Crippen LogP contribution in [0.4, 0.5) is 4.39 Å². The number of rotatable bonds is 2. The minimum Gasteiger partial charge on any atom is -0.257 e. The predicted octanol–water partition coefficient (Wildman–Crippen LogP) is 2.41. The van der Waals surface area contributed by atoms with Gasteiger partial charge in [-0.15, -0.1) is 0 Å². The van der Waals surface area contributed by atoms with Gasteiger partial charge in [-0.1, -0.05) is 6.58 Å². The molecule has 8 heavy (non-hydrogen) atoms. The summed E-state index contributed by atoms with van der Waals surface area (Å²) in [7, 11) is 0. The molecule has 0 aromatic heterocycles. The highest BCUT2D eigenvalue weighted by Crippen LogP contribution is 2.08. The largest absolute Gasteiger partial charge is 0.257 e. The van der Waals surface area contributed by atoms with Crippen LogP contribution in [-0.2, 0) is 0 Å². The molecule has 0 radical (unpaired) electrons. The maximum Gasteiger partial charge on any atom is 0.118 e. The van der Waals surface area contributed by atoms with Crippen molar-refractivity contribution in [3.63, 3.8) is 0 Å². The third-order valence-electron chi connectivity index (χ3n) is 0.427. The number of hydrogen-bond acceptors (Lipinski definition) is 1. The van der Waals surface area contributed by atoms with E-state index in [9.17, 15) is 4.39 Å². The van der Waals surface area contributed by atoms with Gasteiger partial charge in [-0.2, -0.15) is 0 Å². The number of allylic oxidation sites excluding steroid dienone is 2. The first-order valence-electron chi connectivity index (χ1n) is 1.85. The van der Waals surface area contributed by atoms with Crippen LogP contribution in [0, 0.1) is 0 Å². The summed E-state index contributed by atoms with van der Waals surface area (Å²) in [5, 5.41) is 0. The highest BCUT2D eigenvalue weighted by Gasteiger charge is 1.84. The van der Waals surface area contributed by atoms with E-state index in [1.54, 1.807) is 0 Å². The Kier molecular flexibility index (Phi) is 3.35. The van der Waals surface area contributed by atoms with E-state index >= 15 is 0 Å². The fourth-order valence-corrected chi connectivity index (χ4v) is 0.423. The van der Waals surface area contributed by atoms with E-state index in [0.29, 0.717) is 4.61 Å². The number of hydrogen-bond donors (Lipinski definition) is 0. The van der Waals surface area contributed by atoms with E-state index in [1.165, 1.54) is 0 Å². The molecule has 1 nitrogen and oxygen atoms in total. The molecule has 0 heterocycles. The average Bonchev–Trinajstić information content (AvgIpc) is 1.65. The molecule has 0 unspecified atom stereocenters. The summed E-state index contributed by atoms with van der Waals surface area (Å²) >= 11 is 2.91. The van der Waals surface area contributed by atoms with Crippen molar-refractivity contribution in [2.45, 2.75) is 0 Å². The molecule has 0 fully saturated rings. The van der Waals surface area contributed by atoms with E-state index in [2.05, 4.69) is 34.2 Å². The minimum atomic E-state index is -0.538. The Balaban J connectivity index is 3.94. The summed E-state index contributed by atoms with van der Waals surface area (Å²) in [6.07, 6.45) is 1.13. The molecule has 0 aromatic rings. The van der Waals surface area contributed by atoms with Crippen LogP contribution in [0.1, 0.15) is 0 Å². The first-order chi connectivity index (χ1) is 3.66. The summed E-state index contributed by atoms with van der Waals surface area (Å²) in [5.74, 6) is -0.538. The summed E-state index contributed by atoms with van der Waals surface area (Å²) in [6, 6.07) is 0. The zero-order chi connectivity index (χ0) is 6.57. The Labute approximate surface area is 55.7 Å². The van der Waals surface area contributed by atoms with Crippen LogP contribution < -0.4 is 0 Å². The number of halogens is 2. The van der Waals surface area contributed by atoms with Crippen molar-refractivity contribution in [3.05, 3.63) is 23.1 Å². The second-order valence-electron chi connectivity index (χ2n) is 1.07. The summed E-state index contributed by atoms with van der Waals surface area (Å²) in [5.41, 5.74) is 0. The first-order valence-corrected chi connectivity index (χ1v) is 2.64. The monoisotopic (exact) mass is 177 g/mol. The molecule has 0 amide bonds. The van der Waals surface area contributed by atoms with Crippen LogP contribution >= 0.6 is 15.9 Å².